The zero-order valence-corrected chi connectivity index (χ0v) is 36.0. The van der Waals surface area contributed by atoms with Crippen molar-refractivity contribution in [3.8, 4) is 0 Å². The quantitative estimate of drug-likeness (QED) is 0.117. The summed E-state index contributed by atoms with van der Waals surface area (Å²) in [5, 5.41) is 92.5. The summed E-state index contributed by atoms with van der Waals surface area (Å²) in [7, 11) is 0. The van der Waals surface area contributed by atoms with E-state index in [0.717, 1.165) is 0 Å². The molecule has 35 rings (SSSR count). The van der Waals surface area contributed by atoms with Crippen LogP contribution < -0.4 is 4.90 Å². The van der Waals surface area contributed by atoms with E-state index in [0.29, 0.717) is 0 Å². The molecule has 1 heterocycles. The van der Waals surface area contributed by atoms with Gasteiger partial charge in [-0.1, -0.05) is 30.3 Å². The third-order valence-electron chi connectivity index (χ3n) is 25.8. The summed E-state index contributed by atoms with van der Waals surface area (Å²) >= 11 is 0. The molecule has 292 valence electrons. The summed E-state index contributed by atoms with van der Waals surface area (Å²) < 4.78 is 0. The highest BCUT2D eigenvalue weighted by Gasteiger charge is 2.86. The van der Waals surface area contributed by atoms with Crippen molar-refractivity contribution >= 4 is 307 Å². The normalized spacial score (nSPS) is 22.2. The average molecular weight is 862 g/mol. The van der Waals surface area contributed by atoms with Gasteiger partial charge >= 0.3 is 0 Å². The van der Waals surface area contributed by atoms with Gasteiger partial charge in [-0.2, -0.15) is 0 Å². The van der Waals surface area contributed by atoms with Crippen LogP contribution in [0.2, 0.25) is 0 Å². The van der Waals surface area contributed by atoms with Crippen LogP contribution in [0.25, 0.3) is 302 Å². The minimum atomic E-state index is -0.333. The van der Waals surface area contributed by atoms with Crippen LogP contribution in [-0.2, 0) is 11.1 Å². The molecular formula is C70H7N. The SMILES string of the molecule is c1ccc2cc(N3C45c6c7c8c9c%10c%11c(c%12c%13c4c4c6c6c%14c7c7c8c8c%10c%10c%15c%11c%11c%12c%12c%13c%13c4c4c6c6c%14c%14c7c7c8c%10c8c%10c%15c%11c%11c%12c%12c%13c4c4c6c6c%14c7c8c7c%10c%11c%12c4c67)C935)ccc2c1. The minimum absolute atomic E-state index is 0.333. The van der Waals surface area contributed by atoms with Crippen molar-refractivity contribution < 1.29 is 0 Å². The highest BCUT2D eigenvalue weighted by molar-refractivity contribution is 6.82. The Morgan fingerprint density at radius 2 is 0.366 bits per heavy atom. The molecule has 0 saturated carbocycles. The smallest absolute Gasteiger partial charge is 0.126 e. The van der Waals surface area contributed by atoms with Gasteiger partial charge < -0.3 is 4.90 Å². The molecule has 1 nitrogen and oxygen atoms in total. The van der Waals surface area contributed by atoms with Gasteiger partial charge in [0, 0.05) is 27.9 Å². The molecule has 1 fully saturated rings. The van der Waals surface area contributed by atoms with Crippen LogP contribution in [0.1, 0.15) is 22.3 Å². The van der Waals surface area contributed by atoms with Gasteiger partial charge in [0.1, 0.15) is 11.1 Å². The first-order valence-electron chi connectivity index (χ1n) is 26.5. The fourth-order valence-electron chi connectivity index (χ4n) is 25.7. The summed E-state index contributed by atoms with van der Waals surface area (Å²) in [5.41, 5.74) is 7.64. The first-order chi connectivity index (χ1) is 35.4. The average Bonchev–Trinajstić information content (AvgIpc) is 4.27. The fraction of sp³-hybridized carbons (Fsp3) is 0.0286. The Kier molecular flexibility index (Phi) is 2.05. The van der Waals surface area contributed by atoms with Gasteiger partial charge in [0.25, 0.3) is 0 Å². The summed E-state index contributed by atoms with van der Waals surface area (Å²) in [6.07, 6.45) is 0. The van der Waals surface area contributed by atoms with Crippen LogP contribution >= 0.6 is 0 Å². The maximum Gasteiger partial charge on any atom is 0.126 e. The molecule has 71 heavy (non-hydrogen) atoms. The largest absolute Gasteiger partial charge is 0.338 e. The highest BCUT2D eigenvalue weighted by atomic mass is 15.5. The van der Waals surface area contributed by atoms with E-state index in [4.69, 9.17) is 0 Å². The molecule has 0 N–H and O–H groups in total. The van der Waals surface area contributed by atoms with Gasteiger partial charge in [0.15, 0.2) is 0 Å². The van der Waals surface area contributed by atoms with Gasteiger partial charge in [-0.05, 0) is 314 Å². The third kappa shape index (κ3) is 1.34. The van der Waals surface area contributed by atoms with Gasteiger partial charge in [-0.25, -0.2) is 0 Å². The lowest BCUT2D eigenvalue weighted by molar-refractivity contribution is 0.731. The van der Waals surface area contributed by atoms with Crippen molar-refractivity contribution in [1.82, 2.24) is 0 Å². The Labute approximate surface area is 385 Å². The molecule has 1 saturated heterocycles. The summed E-state index contributed by atoms with van der Waals surface area (Å²) in [6, 6.07) is 16.9. The third-order valence-corrected chi connectivity index (χ3v) is 25.8. The first kappa shape index (κ1) is 25.5. The fourth-order valence-corrected chi connectivity index (χ4v) is 25.7. The van der Waals surface area contributed by atoms with E-state index in [1.165, 1.54) is 16.5 Å². The van der Waals surface area contributed by atoms with Crippen LogP contribution in [0, 0.1) is 0 Å². The molecule has 4 aliphatic carbocycles. The van der Waals surface area contributed by atoms with E-state index in [2.05, 4.69) is 47.4 Å². The van der Waals surface area contributed by atoms with E-state index < -0.39 is 0 Å². The summed E-state index contributed by atoms with van der Waals surface area (Å²) in [6.45, 7) is 0. The summed E-state index contributed by atoms with van der Waals surface area (Å²) in [4.78, 5) is 3.16. The van der Waals surface area contributed by atoms with Gasteiger partial charge in [0.05, 0.1) is 0 Å². The number of hydrogen-bond acceptors (Lipinski definition) is 1. The van der Waals surface area contributed by atoms with Crippen LogP contribution in [0.4, 0.5) is 5.69 Å². The second kappa shape index (κ2) is 5.71. The van der Waals surface area contributed by atoms with E-state index in [1.54, 1.807) is 313 Å². The van der Waals surface area contributed by atoms with Crippen LogP contribution in [0.3, 0.4) is 0 Å². The molecule has 0 unspecified atom stereocenters. The van der Waals surface area contributed by atoms with Crippen LogP contribution in [-0.4, -0.2) is 0 Å². The lowest BCUT2D eigenvalue weighted by Crippen LogP contribution is -2.27. The van der Waals surface area contributed by atoms with Crippen molar-refractivity contribution in [3.63, 3.8) is 0 Å². The first-order valence-corrected chi connectivity index (χ1v) is 26.5. The van der Waals surface area contributed by atoms with Gasteiger partial charge in [-0.3, -0.25) is 0 Å². The van der Waals surface area contributed by atoms with Crippen molar-refractivity contribution in [2.45, 2.75) is 11.1 Å². The predicted octanol–water partition coefficient (Wildman–Crippen LogP) is 18.9. The highest BCUT2D eigenvalue weighted by Crippen LogP contribution is 2.90. The van der Waals surface area contributed by atoms with E-state index in [9.17, 15) is 0 Å². The Morgan fingerprint density at radius 1 is 0.183 bits per heavy atom. The maximum atomic E-state index is 3.16. The monoisotopic (exact) mass is 861 g/mol. The second-order valence-electron chi connectivity index (χ2n) is 26.0. The molecule has 30 aromatic rings. The number of anilines is 1. The maximum absolute atomic E-state index is 3.16. The van der Waals surface area contributed by atoms with Gasteiger partial charge in [0.2, 0.25) is 0 Å². The molecule has 1 heteroatoms. The predicted molar refractivity (Wildman–Crippen MR) is 300 cm³/mol. The second-order valence-corrected chi connectivity index (χ2v) is 26.0. The van der Waals surface area contributed by atoms with E-state index >= 15 is 0 Å². The van der Waals surface area contributed by atoms with Crippen molar-refractivity contribution in [2.75, 3.05) is 4.90 Å². The molecule has 5 aliphatic rings. The zero-order valence-electron chi connectivity index (χ0n) is 36.0. The van der Waals surface area contributed by atoms with Crippen molar-refractivity contribution in [3.05, 3.63) is 64.7 Å². The molecule has 0 radical (unpaired) electrons. The molecule has 1 aliphatic heterocycles. The molecule has 30 aromatic carbocycles. The molecule has 0 atom stereocenters. The lowest BCUT2D eigenvalue weighted by atomic mass is 9.68. The van der Waals surface area contributed by atoms with Crippen LogP contribution in [0.5, 0.6) is 0 Å². The molecular weight excluding hydrogens is 855 g/mol. The molecule has 2 spiro atoms. The molecule has 0 bridgehead atoms. The Morgan fingerprint density at radius 3 is 0.577 bits per heavy atom. The number of fused-ring (bicyclic) bond motifs is 1. The van der Waals surface area contributed by atoms with Crippen LogP contribution in [0.15, 0.2) is 42.5 Å². The standard InChI is InChI=1S/C70H7N/c1-2-4-9-7-10(6-5-8(9)3-1)71-69-65-57-49-39-29-21-13-11-12-15-19-17(13)25-33-27(19)37-31-23(15)24-16(12)20-18-14(11)22(21)30-36-26(18)34-28(20)38-32(24)42-41(31)51-45(37)55-47(33)53(43(49)35(25)29)61(65)63(55)67-59(51)60-52(42)46(38)56-48(34)54-44(36)50(40(30)39)58(57)66(69)62(54)64(56)68(60)70(67,69)71/h1-7H. The Hall–Kier alpha value is -9.04. The zero-order chi connectivity index (χ0) is 41.7. The Balaban J connectivity index is 1.14. The number of benzene rings is 20. The van der Waals surface area contributed by atoms with E-state index in [-0.39, 0.29) is 11.1 Å². The summed E-state index contributed by atoms with van der Waals surface area (Å²) in [5.74, 6) is 0. The number of rotatable bonds is 1. The number of nitrogens with zero attached hydrogens (tertiary/aromatic N) is 1. The van der Waals surface area contributed by atoms with Crippen molar-refractivity contribution in [2.24, 2.45) is 0 Å². The topological polar surface area (TPSA) is 3.01 Å². The molecule has 0 aromatic heterocycles. The minimum Gasteiger partial charge on any atom is -0.338 e. The van der Waals surface area contributed by atoms with Gasteiger partial charge in [-0.15, -0.1) is 0 Å². The number of hydrogen-bond donors (Lipinski definition) is 0. The van der Waals surface area contributed by atoms with Crippen molar-refractivity contribution in [1.29, 1.82) is 0 Å². The molecule has 0 amide bonds. The van der Waals surface area contributed by atoms with E-state index in [1.807, 2.05) is 0 Å². The lowest BCUT2D eigenvalue weighted by Gasteiger charge is -2.29. The Bertz CT molecular complexity index is 7100.